The molecule has 1 N–H and O–H groups in total. The van der Waals surface area contributed by atoms with Gasteiger partial charge < -0.3 is 14.6 Å². The lowest BCUT2D eigenvalue weighted by atomic mass is 9.95. The molecule has 0 amide bonds. The lowest BCUT2D eigenvalue weighted by Gasteiger charge is -2.18. The minimum Gasteiger partial charge on any atom is -0.492 e. The van der Waals surface area contributed by atoms with Crippen molar-refractivity contribution >= 4 is 23.0 Å². The summed E-state index contributed by atoms with van der Waals surface area (Å²) in [6.45, 7) is 8.02. The molecule has 0 unspecified atom stereocenters. The largest absolute Gasteiger partial charge is 0.492 e. The van der Waals surface area contributed by atoms with E-state index in [9.17, 15) is 9.59 Å². The number of halogens is 1. The molecule has 2 aliphatic carbocycles. The van der Waals surface area contributed by atoms with Crippen molar-refractivity contribution in [1.82, 2.24) is 9.88 Å². The molecule has 0 radical (unpaired) electrons. The van der Waals surface area contributed by atoms with Gasteiger partial charge in [-0.1, -0.05) is 43.7 Å². The van der Waals surface area contributed by atoms with Gasteiger partial charge in [-0.25, -0.2) is 0 Å². The first-order valence-electron chi connectivity index (χ1n) is 12.6. The van der Waals surface area contributed by atoms with Crippen LogP contribution in [0.5, 0.6) is 5.75 Å². The third-order valence-corrected chi connectivity index (χ3v) is 7.24. The van der Waals surface area contributed by atoms with Gasteiger partial charge in [-0.3, -0.25) is 9.59 Å². The molecule has 0 spiro atoms. The van der Waals surface area contributed by atoms with Gasteiger partial charge in [0.25, 0.3) is 5.56 Å². The third kappa shape index (κ3) is 6.19. The van der Waals surface area contributed by atoms with Crippen molar-refractivity contribution in [2.75, 3.05) is 26.2 Å². The van der Waals surface area contributed by atoms with E-state index in [4.69, 9.17) is 16.3 Å². The van der Waals surface area contributed by atoms with Crippen LogP contribution in [0.15, 0.2) is 41.2 Å². The summed E-state index contributed by atoms with van der Waals surface area (Å²) >= 11 is 6.61. The normalized spacial score (nSPS) is 18.6. The zero-order valence-electron chi connectivity index (χ0n) is 20.2. The molecule has 34 heavy (non-hydrogen) atoms. The summed E-state index contributed by atoms with van der Waals surface area (Å²) in [7, 11) is 0. The fourth-order valence-electron chi connectivity index (χ4n) is 4.72. The number of ketones is 1. The molecule has 0 bridgehead atoms. The molecular formula is C28H35ClN2O3. The van der Waals surface area contributed by atoms with Crippen LogP contribution < -0.4 is 10.3 Å². The predicted octanol–water partition coefficient (Wildman–Crippen LogP) is 5.82. The van der Waals surface area contributed by atoms with Crippen molar-refractivity contribution in [3.63, 3.8) is 0 Å². The Balaban J connectivity index is 1.55. The van der Waals surface area contributed by atoms with Crippen LogP contribution in [0, 0.1) is 5.92 Å². The first kappa shape index (κ1) is 24.7. The van der Waals surface area contributed by atoms with Gasteiger partial charge in [0.2, 0.25) is 0 Å². The average Bonchev–Trinajstić information content (AvgIpc) is 3.59. The first-order valence-corrected chi connectivity index (χ1v) is 13.0. The number of pyridine rings is 1. The van der Waals surface area contributed by atoms with E-state index in [1.165, 1.54) is 0 Å². The van der Waals surface area contributed by atoms with Gasteiger partial charge in [-0.15, -0.1) is 0 Å². The quantitative estimate of drug-likeness (QED) is 0.410. The number of hydrogen-bond donors (Lipinski definition) is 1. The van der Waals surface area contributed by atoms with E-state index in [0.717, 1.165) is 67.7 Å². The zero-order chi connectivity index (χ0) is 24.1. The van der Waals surface area contributed by atoms with Crippen LogP contribution in [0.1, 0.15) is 75.1 Å². The monoisotopic (exact) mass is 482 g/mol. The molecular weight excluding hydrogens is 448 g/mol. The summed E-state index contributed by atoms with van der Waals surface area (Å²) < 4.78 is 5.95. The van der Waals surface area contributed by atoms with Crippen molar-refractivity contribution in [1.29, 1.82) is 0 Å². The van der Waals surface area contributed by atoms with Gasteiger partial charge in [-0.05, 0) is 74.4 Å². The number of carbonyl (C=O) groups is 1. The molecule has 1 aromatic carbocycles. The molecule has 2 saturated carbocycles. The number of allylic oxidation sites excluding steroid dienone is 1. The molecule has 4 rings (SSSR count). The Kier molecular flexibility index (Phi) is 8.28. The summed E-state index contributed by atoms with van der Waals surface area (Å²) in [4.78, 5) is 30.0. The number of benzene rings is 1. The number of ether oxygens (including phenoxy) is 1. The van der Waals surface area contributed by atoms with Crippen molar-refractivity contribution in [2.24, 2.45) is 5.92 Å². The predicted molar refractivity (Wildman–Crippen MR) is 138 cm³/mol. The minimum absolute atomic E-state index is 0.0207. The van der Waals surface area contributed by atoms with Crippen molar-refractivity contribution in [2.45, 2.75) is 58.3 Å². The fourth-order valence-corrected chi connectivity index (χ4v) is 4.95. The van der Waals surface area contributed by atoms with Crippen LogP contribution in [-0.4, -0.2) is 41.9 Å². The molecule has 6 heteroatoms. The Labute approximate surface area is 207 Å². The topological polar surface area (TPSA) is 62.4 Å². The van der Waals surface area contributed by atoms with Crippen LogP contribution in [0.4, 0.5) is 0 Å². The van der Waals surface area contributed by atoms with Crippen molar-refractivity contribution in [3.05, 3.63) is 68.6 Å². The molecule has 2 fully saturated rings. The summed E-state index contributed by atoms with van der Waals surface area (Å²) in [6, 6.07) is 9.73. The third-order valence-electron chi connectivity index (χ3n) is 6.95. The summed E-state index contributed by atoms with van der Waals surface area (Å²) in [5.41, 5.74) is 3.43. The maximum atomic E-state index is 12.7. The molecule has 0 aliphatic heterocycles. The van der Waals surface area contributed by atoms with Crippen LogP contribution in [0.3, 0.4) is 0 Å². The Hall–Kier alpha value is -2.37. The summed E-state index contributed by atoms with van der Waals surface area (Å²) in [5.74, 6) is 1.52. The number of carbonyl (C=O) groups excluding carboxylic acids is 1. The number of Topliss-reactive ketones (excluding diaryl/α,β-unsaturated/α-hetero) is 1. The van der Waals surface area contributed by atoms with Crippen molar-refractivity contribution < 1.29 is 9.53 Å². The Morgan fingerprint density at radius 3 is 2.56 bits per heavy atom. The second kappa shape index (κ2) is 11.4. The molecule has 1 aromatic heterocycles. The highest BCUT2D eigenvalue weighted by atomic mass is 35.5. The van der Waals surface area contributed by atoms with Crippen LogP contribution in [0.2, 0.25) is 5.02 Å². The Bertz CT molecular complexity index is 1100. The second-order valence-corrected chi connectivity index (χ2v) is 9.83. The molecule has 5 nitrogen and oxygen atoms in total. The Morgan fingerprint density at radius 1 is 1.15 bits per heavy atom. The smallest absolute Gasteiger partial charge is 0.251 e. The van der Waals surface area contributed by atoms with Crippen molar-refractivity contribution in [3.8, 4) is 5.75 Å². The van der Waals surface area contributed by atoms with E-state index >= 15 is 0 Å². The highest BCUT2D eigenvalue weighted by Gasteiger charge is 2.27. The van der Waals surface area contributed by atoms with Gasteiger partial charge in [0.1, 0.15) is 11.5 Å². The lowest BCUT2D eigenvalue weighted by molar-refractivity contribution is -0.117. The molecule has 2 aliphatic rings. The number of aromatic amines is 1. The zero-order valence-corrected chi connectivity index (χ0v) is 21.0. The van der Waals surface area contributed by atoms with E-state index in [2.05, 4.69) is 29.8 Å². The van der Waals surface area contributed by atoms with Gasteiger partial charge in [0, 0.05) is 36.2 Å². The first-order chi connectivity index (χ1) is 16.5. The van der Waals surface area contributed by atoms with Crippen LogP contribution in [0.25, 0.3) is 5.57 Å². The van der Waals surface area contributed by atoms with Gasteiger partial charge in [-0.2, -0.15) is 0 Å². The van der Waals surface area contributed by atoms with Crippen LogP contribution in [-0.2, 0) is 4.79 Å². The molecule has 1 heterocycles. The maximum Gasteiger partial charge on any atom is 0.251 e. The number of aromatic nitrogens is 1. The summed E-state index contributed by atoms with van der Waals surface area (Å²) in [6.07, 6.45) is 7.25. The van der Waals surface area contributed by atoms with Gasteiger partial charge in [0.15, 0.2) is 0 Å². The van der Waals surface area contributed by atoms with E-state index in [1.807, 2.05) is 30.3 Å². The summed E-state index contributed by atoms with van der Waals surface area (Å²) in [5, 5.41) is 0.547. The van der Waals surface area contributed by atoms with E-state index in [1.54, 1.807) is 0 Å². The maximum absolute atomic E-state index is 12.7. The highest BCUT2D eigenvalue weighted by Crippen LogP contribution is 2.39. The SMILES string of the molecule is CCN(CC)CCCOc1ccc(/C(=C\[C@H]2CCC(=O)C2)c2ccc(C3CC3)c(=O)[nH]2)cc1Cl. The lowest BCUT2D eigenvalue weighted by Crippen LogP contribution is -2.25. The molecule has 2 aromatic rings. The molecule has 0 saturated heterocycles. The van der Waals surface area contributed by atoms with E-state index < -0.39 is 0 Å². The van der Waals surface area contributed by atoms with Crippen LogP contribution >= 0.6 is 11.6 Å². The highest BCUT2D eigenvalue weighted by molar-refractivity contribution is 6.32. The fraction of sp³-hybridized carbons (Fsp3) is 0.500. The number of H-pyrrole nitrogens is 1. The van der Waals surface area contributed by atoms with E-state index in [-0.39, 0.29) is 11.5 Å². The number of nitrogens with one attached hydrogen (secondary N) is 1. The number of hydrogen-bond acceptors (Lipinski definition) is 4. The van der Waals surface area contributed by atoms with Gasteiger partial charge in [0.05, 0.1) is 11.6 Å². The molecule has 1 atom stereocenters. The Morgan fingerprint density at radius 2 is 1.94 bits per heavy atom. The minimum atomic E-state index is -0.0207. The van der Waals surface area contributed by atoms with Gasteiger partial charge >= 0.3 is 0 Å². The number of rotatable bonds is 11. The number of nitrogens with zero attached hydrogens (tertiary/aromatic N) is 1. The van der Waals surface area contributed by atoms with E-state index in [0.29, 0.717) is 41.9 Å². The average molecular weight is 483 g/mol. The second-order valence-electron chi connectivity index (χ2n) is 9.43. The molecule has 182 valence electrons. The standard InChI is InChI=1S/C28H35ClN2O3/c1-3-31(4-2)14-5-15-34-27-13-9-21(18-25(27)29)24(17-19-6-10-22(32)16-19)26-12-11-23(20-7-8-20)28(33)30-26/h9,11-13,17-20H,3-8,10,14-16H2,1-2H3,(H,30,33)/b24-17+/t19-/m0/s1.